The quantitative estimate of drug-likeness (QED) is 0.421. The third-order valence-electron chi connectivity index (χ3n) is 1.65. The van der Waals surface area contributed by atoms with Crippen molar-refractivity contribution in [2.75, 3.05) is 0 Å². The summed E-state index contributed by atoms with van der Waals surface area (Å²) in [6.45, 7) is 2.05. The van der Waals surface area contributed by atoms with Crippen molar-refractivity contribution >= 4 is 0 Å². The Morgan fingerprint density at radius 2 is 1.91 bits per heavy atom. The molecule has 0 radical (unpaired) electrons. The molecule has 0 saturated heterocycles. The summed E-state index contributed by atoms with van der Waals surface area (Å²) in [7, 11) is 0. The molecule has 0 atom stereocenters. The van der Waals surface area contributed by atoms with E-state index in [0.717, 1.165) is 12.8 Å². The zero-order chi connectivity index (χ0) is 8.36. The number of unbranched alkanes of at least 4 members (excludes halogenated alkanes) is 5. The lowest BCUT2D eigenvalue weighted by atomic mass is 10.1. The summed E-state index contributed by atoms with van der Waals surface area (Å²) in [6, 6.07) is 2.16. The minimum Gasteiger partial charge on any atom is -0.198 e. The molecular formula is C10H17N. The highest BCUT2D eigenvalue weighted by Gasteiger charge is 1.86. The number of nitriles is 1. The zero-order valence-electron chi connectivity index (χ0n) is 7.34. The molecule has 62 valence electrons. The fourth-order valence-electron chi connectivity index (χ4n) is 0.986. The second kappa shape index (κ2) is 9.23. The molecule has 0 aromatic heterocycles. The van der Waals surface area contributed by atoms with Gasteiger partial charge in [-0.25, -0.2) is 0 Å². The van der Waals surface area contributed by atoms with E-state index < -0.39 is 0 Å². The highest BCUT2D eigenvalue weighted by atomic mass is 14.2. The lowest BCUT2D eigenvalue weighted by molar-refractivity contribution is 0.655. The number of rotatable bonds is 6. The fourth-order valence-corrected chi connectivity index (χ4v) is 0.986. The van der Waals surface area contributed by atoms with Crippen LogP contribution in [0.3, 0.4) is 0 Å². The van der Waals surface area contributed by atoms with Gasteiger partial charge in [0.1, 0.15) is 0 Å². The first kappa shape index (κ1) is 10.2. The zero-order valence-corrected chi connectivity index (χ0v) is 7.34. The summed E-state index contributed by atoms with van der Waals surface area (Å²) in [5, 5.41) is 8.25. The Morgan fingerprint density at radius 1 is 1.18 bits per heavy atom. The predicted molar refractivity (Wildman–Crippen MR) is 48.1 cm³/mol. The van der Waals surface area contributed by atoms with Crippen molar-refractivity contribution < 1.29 is 0 Å². The van der Waals surface area contributed by atoms with Crippen LogP contribution in [0.5, 0.6) is 0 Å². The van der Waals surface area contributed by atoms with E-state index in [1.54, 1.807) is 0 Å². The van der Waals surface area contributed by atoms with E-state index in [2.05, 4.69) is 25.1 Å². The highest BCUT2D eigenvalue weighted by Crippen LogP contribution is 2.04. The van der Waals surface area contributed by atoms with Gasteiger partial charge in [0.15, 0.2) is 0 Å². The minimum atomic E-state index is 0.726. The molecule has 0 amide bonds. The van der Waals surface area contributed by atoms with E-state index in [1.165, 1.54) is 25.7 Å². The van der Waals surface area contributed by atoms with Gasteiger partial charge in [-0.3, -0.25) is 0 Å². The van der Waals surface area contributed by atoms with Crippen molar-refractivity contribution in [1.29, 1.82) is 5.26 Å². The molecule has 0 bridgehead atoms. The Labute approximate surface area is 69.7 Å². The molecule has 11 heavy (non-hydrogen) atoms. The maximum Gasteiger partial charge on any atom is 0.0621 e. The van der Waals surface area contributed by atoms with Crippen molar-refractivity contribution in [2.45, 2.75) is 45.4 Å². The molecule has 0 aliphatic carbocycles. The van der Waals surface area contributed by atoms with Crippen LogP contribution in [0.4, 0.5) is 0 Å². The number of allylic oxidation sites excluding steroid dienone is 2. The van der Waals surface area contributed by atoms with Gasteiger partial charge in [0.25, 0.3) is 0 Å². The minimum absolute atomic E-state index is 0.726. The first-order valence-corrected chi connectivity index (χ1v) is 4.40. The fraction of sp³-hybridized carbons (Fsp3) is 0.700. The molecule has 0 heterocycles. The SMILES string of the molecule is C/C=C/CCCCCCC#N. The van der Waals surface area contributed by atoms with E-state index in [4.69, 9.17) is 5.26 Å². The van der Waals surface area contributed by atoms with E-state index >= 15 is 0 Å². The molecule has 0 saturated carbocycles. The second-order valence-corrected chi connectivity index (χ2v) is 2.68. The molecule has 0 rings (SSSR count). The number of hydrogen-bond acceptors (Lipinski definition) is 1. The molecule has 0 aromatic rings. The standard InChI is InChI=1S/C10H17N/c1-2-3-4-5-6-7-8-9-10-11/h2-3H,4-9H2,1H3/b3-2+. The Kier molecular flexibility index (Phi) is 8.58. The molecular weight excluding hydrogens is 134 g/mol. The average Bonchev–Trinajstić information content (AvgIpc) is 2.03. The van der Waals surface area contributed by atoms with Crippen molar-refractivity contribution in [3.63, 3.8) is 0 Å². The van der Waals surface area contributed by atoms with Gasteiger partial charge in [-0.1, -0.05) is 25.0 Å². The first-order chi connectivity index (χ1) is 5.41. The Bertz CT molecular complexity index is 130. The molecule has 0 aliphatic rings. The van der Waals surface area contributed by atoms with Gasteiger partial charge in [0, 0.05) is 6.42 Å². The summed E-state index contributed by atoms with van der Waals surface area (Å²) in [5.74, 6) is 0. The second-order valence-electron chi connectivity index (χ2n) is 2.68. The van der Waals surface area contributed by atoms with Crippen LogP contribution in [0.1, 0.15) is 45.4 Å². The van der Waals surface area contributed by atoms with Crippen LogP contribution in [0, 0.1) is 11.3 Å². The third kappa shape index (κ3) is 9.23. The number of hydrogen-bond donors (Lipinski definition) is 0. The Balaban J connectivity index is 2.86. The third-order valence-corrected chi connectivity index (χ3v) is 1.65. The van der Waals surface area contributed by atoms with Gasteiger partial charge >= 0.3 is 0 Å². The van der Waals surface area contributed by atoms with Gasteiger partial charge in [0.2, 0.25) is 0 Å². The maximum atomic E-state index is 8.25. The van der Waals surface area contributed by atoms with Gasteiger partial charge < -0.3 is 0 Å². The van der Waals surface area contributed by atoms with E-state index in [1.807, 2.05) is 0 Å². The molecule has 0 unspecified atom stereocenters. The van der Waals surface area contributed by atoms with Gasteiger partial charge in [-0.15, -0.1) is 0 Å². The first-order valence-electron chi connectivity index (χ1n) is 4.40. The molecule has 1 nitrogen and oxygen atoms in total. The smallest absolute Gasteiger partial charge is 0.0621 e. The van der Waals surface area contributed by atoms with Crippen LogP contribution in [-0.4, -0.2) is 0 Å². The molecule has 0 fully saturated rings. The monoisotopic (exact) mass is 151 g/mol. The van der Waals surface area contributed by atoms with Crippen LogP contribution in [0.25, 0.3) is 0 Å². The Hall–Kier alpha value is -0.770. The molecule has 1 heteroatoms. The molecule has 0 spiro atoms. The van der Waals surface area contributed by atoms with Crippen molar-refractivity contribution in [3.8, 4) is 6.07 Å². The largest absolute Gasteiger partial charge is 0.198 e. The lowest BCUT2D eigenvalue weighted by Crippen LogP contribution is -1.76. The van der Waals surface area contributed by atoms with E-state index in [9.17, 15) is 0 Å². The molecule has 0 aliphatic heterocycles. The summed E-state index contributed by atoms with van der Waals surface area (Å²) in [4.78, 5) is 0. The normalized spacial score (nSPS) is 10.2. The highest BCUT2D eigenvalue weighted by molar-refractivity contribution is 4.76. The van der Waals surface area contributed by atoms with Gasteiger partial charge in [-0.05, 0) is 26.2 Å². The van der Waals surface area contributed by atoms with Crippen LogP contribution in [0.2, 0.25) is 0 Å². The van der Waals surface area contributed by atoms with E-state index in [0.29, 0.717) is 0 Å². The lowest BCUT2D eigenvalue weighted by Gasteiger charge is -1.94. The van der Waals surface area contributed by atoms with Crippen molar-refractivity contribution in [2.24, 2.45) is 0 Å². The summed E-state index contributed by atoms with van der Waals surface area (Å²) >= 11 is 0. The van der Waals surface area contributed by atoms with E-state index in [-0.39, 0.29) is 0 Å². The molecule has 0 N–H and O–H groups in total. The summed E-state index contributed by atoms with van der Waals surface area (Å²) in [6.07, 6.45) is 11.0. The van der Waals surface area contributed by atoms with Crippen molar-refractivity contribution in [3.05, 3.63) is 12.2 Å². The Morgan fingerprint density at radius 3 is 2.55 bits per heavy atom. The predicted octanol–water partition coefficient (Wildman–Crippen LogP) is 3.43. The molecule has 0 aromatic carbocycles. The number of nitrogens with zero attached hydrogens (tertiary/aromatic N) is 1. The van der Waals surface area contributed by atoms with Crippen molar-refractivity contribution in [1.82, 2.24) is 0 Å². The topological polar surface area (TPSA) is 23.8 Å². The van der Waals surface area contributed by atoms with Crippen LogP contribution in [0.15, 0.2) is 12.2 Å². The summed E-state index contributed by atoms with van der Waals surface area (Å²) in [5.41, 5.74) is 0. The van der Waals surface area contributed by atoms with Crippen LogP contribution in [-0.2, 0) is 0 Å². The maximum absolute atomic E-state index is 8.25. The van der Waals surface area contributed by atoms with Crippen LogP contribution < -0.4 is 0 Å². The van der Waals surface area contributed by atoms with Crippen LogP contribution >= 0.6 is 0 Å². The van der Waals surface area contributed by atoms with Gasteiger partial charge in [0.05, 0.1) is 6.07 Å². The average molecular weight is 151 g/mol. The van der Waals surface area contributed by atoms with Gasteiger partial charge in [-0.2, -0.15) is 5.26 Å². The summed E-state index contributed by atoms with van der Waals surface area (Å²) < 4.78 is 0.